The third-order valence-corrected chi connectivity index (χ3v) is 10.6. The van der Waals surface area contributed by atoms with Gasteiger partial charge in [0.2, 0.25) is 0 Å². The number of anilines is 3. The lowest BCUT2D eigenvalue weighted by Gasteiger charge is -2.29. The van der Waals surface area contributed by atoms with Gasteiger partial charge in [0.1, 0.15) is 12.4 Å². The van der Waals surface area contributed by atoms with E-state index in [0.29, 0.717) is 24.6 Å². The number of rotatable bonds is 15. The number of ether oxygens (including phenoxy) is 1. The fraction of sp³-hybridized carbons (Fsp3) is 0.333. The fourth-order valence-electron chi connectivity index (χ4n) is 7.69. The number of aliphatic hydroxyl groups excluding tert-OH is 1. The van der Waals surface area contributed by atoms with Crippen LogP contribution in [0.25, 0.3) is 0 Å². The highest BCUT2D eigenvalue weighted by molar-refractivity contribution is 5.55. The lowest BCUT2D eigenvalue weighted by Crippen LogP contribution is -2.30. The van der Waals surface area contributed by atoms with Crippen molar-refractivity contribution in [2.75, 3.05) is 54.8 Å². The molecule has 3 N–H and O–H groups in total. The molecule has 0 amide bonds. The summed E-state index contributed by atoms with van der Waals surface area (Å²) in [5, 5.41) is 11.6. The van der Waals surface area contributed by atoms with Crippen molar-refractivity contribution in [3.63, 3.8) is 0 Å². The predicted molar refractivity (Wildman–Crippen MR) is 211 cm³/mol. The molecule has 0 spiro atoms. The second-order valence-corrected chi connectivity index (χ2v) is 14.2. The van der Waals surface area contributed by atoms with E-state index in [1.54, 1.807) is 0 Å². The third kappa shape index (κ3) is 9.12. The van der Waals surface area contributed by atoms with Gasteiger partial charge in [-0.25, -0.2) is 0 Å². The second-order valence-electron chi connectivity index (χ2n) is 14.2. The average Bonchev–Trinajstić information content (AvgIpc) is 3.92. The zero-order chi connectivity index (χ0) is 34.8. The zero-order valence-electron chi connectivity index (χ0n) is 29.7. The van der Waals surface area contributed by atoms with Crippen molar-refractivity contribution in [1.29, 1.82) is 0 Å². The molecule has 5 aromatic rings. The SMILES string of the molecule is Nc1cc([C@@H](O)CN(CCC(c2ccc(N3CCCC3)cc2)c2ccc(N3CCCC3)cc2)Cc2ccccc2)ccc1OCc1ccccc1. The van der Waals surface area contributed by atoms with Crippen molar-refractivity contribution in [2.24, 2.45) is 0 Å². The van der Waals surface area contributed by atoms with Crippen molar-refractivity contribution in [2.45, 2.75) is 57.3 Å². The molecule has 5 aromatic carbocycles. The van der Waals surface area contributed by atoms with Crippen LogP contribution in [0.3, 0.4) is 0 Å². The van der Waals surface area contributed by atoms with Crippen LogP contribution in [0.15, 0.2) is 127 Å². The van der Waals surface area contributed by atoms with Crippen molar-refractivity contribution in [3.05, 3.63) is 155 Å². The van der Waals surface area contributed by atoms with Crippen LogP contribution in [-0.2, 0) is 13.2 Å². The molecule has 7 rings (SSSR count). The Labute approximate surface area is 304 Å². The first-order valence-corrected chi connectivity index (χ1v) is 18.8. The Balaban J connectivity index is 1.09. The Bertz CT molecular complexity index is 1730. The summed E-state index contributed by atoms with van der Waals surface area (Å²) in [7, 11) is 0. The average molecular weight is 681 g/mol. The minimum Gasteiger partial charge on any atom is -0.487 e. The molecule has 0 unspecified atom stereocenters. The summed E-state index contributed by atoms with van der Waals surface area (Å²) in [6, 6.07) is 44.9. The molecule has 2 fully saturated rings. The first-order chi connectivity index (χ1) is 25.1. The van der Waals surface area contributed by atoms with Gasteiger partial charge in [-0.2, -0.15) is 0 Å². The molecule has 2 aliphatic heterocycles. The van der Waals surface area contributed by atoms with Crippen LogP contribution in [0.5, 0.6) is 5.75 Å². The summed E-state index contributed by atoms with van der Waals surface area (Å²) < 4.78 is 6.02. The van der Waals surface area contributed by atoms with E-state index in [1.807, 2.05) is 48.5 Å². The molecule has 2 saturated heterocycles. The fourth-order valence-corrected chi connectivity index (χ4v) is 7.69. The monoisotopic (exact) mass is 680 g/mol. The van der Waals surface area contributed by atoms with Crippen LogP contribution in [0.4, 0.5) is 17.1 Å². The van der Waals surface area contributed by atoms with Crippen LogP contribution in [0.2, 0.25) is 0 Å². The lowest BCUT2D eigenvalue weighted by atomic mass is 9.88. The maximum Gasteiger partial charge on any atom is 0.142 e. The molecule has 0 bridgehead atoms. The van der Waals surface area contributed by atoms with E-state index < -0.39 is 6.10 Å². The standard InChI is InChI=1S/C45H52N4O2/c46-43-31-39(19-24-45(43)51-34-36-13-5-2-6-14-36)44(50)33-47(32-35-11-3-1-4-12-35)30-25-42(37-15-20-40(21-16-37)48-26-7-8-27-48)38-17-22-41(23-18-38)49-28-9-10-29-49/h1-6,11-24,31,42,44,50H,7-10,25-30,32-34,46H2/t44-/m0/s1. The van der Waals surface area contributed by atoms with Gasteiger partial charge in [-0.15, -0.1) is 0 Å². The summed E-state index contributed by atoms with van der Waals surface area (Å²) in [5.41, 5.74) is 15.4. The van der Waals surface area contributed by atoms with Gasteiger partial charge in [0.25, 0.3) is 0 Å². The number of benzene rings is 5. The van der Waals surface area contributed by atoms with E-state index in [0.717, 1.165) is 56.8 Å². The largest absolute Gasteiger partial charge is 0.487 e. The van der Waals surface area contributed by atoms with E-state index in [4.69, 9.17) is 10.5 Å². The molecule has 51 heavy (non-hydrogen) atoms. The van der Waals surface area contributed by atoms with Gasteiger partial charge in [0.15, 0.2) is 0 Å². The molecule has 2 heterocycles. The van der Waals surface area contributed by atoms with Crippen LogP contribution in [0, 0.1) is 0 Å². The predicted octanol–water partition coefficient (Wildman–Crippen LogP) is 8.81. The Hall–Kier alpha value is -4.78. The normalized spacial score (nSPS) is 15.2. The molecule has 6 nitrogen and oxygen atoms in total. The van der Waals surface area contributed by atoms with E-state index in [2.05, 4.69) is 93.6 Å². The van der Waals surface area contributed by atoms with E-state index in [1.165, 1.54) is 53.7 Å². The first-order valence-electron chi connectivity index (χ1n) is 18.8. The smallest absolute Gasteiger partial charge is 0.142 e. The van der Waals surface area contributed by atoms with E-state index >= 15 is 0 Å². The molecule has 0 aromatic heterocycles. The second kappa shape index (κ2) is 17.0. The molecule has 0 saturated carbocycles. The Morgan fingerprint density at radius 3 is 1.67 bits per heavy atom. The number of aliphatic hydroxyl groups is 1. The number of nitrogens with zero attached hydrogens (tertiary/aromatic N) is 3. The molecule has 1 atom stereocenters. The molecule has 264 valence electrons. The van der Waals surface area contributed by atoms with Crippen LogP contribution in [0.1, 0.15) is 71.9 Å². The Kier molecular flexibility index (Phi) is 11.5. The summed E-state index contributed by atoms with van der Waals surface area (Å²) in [6.45, 7) is 7.10. The van der Waals surface area contributed by atoms with E-state index in [9.17, 15) is 5.11 Å². The minimum absolute atomic E-state index is 0.234. The lowest BCUT2D eigenvalue weighted by molar-refractivity contribution is 0.107. The highest BCUT2D eigenvalue weighted by Crippen LogP contribution is 2.33. The van der Waals surface area contributed by atoms with Crippen LogP contribution < -0.4 is 20.3 Å². The number of hydrogen-bond donors (Lipinski definition) is 2. The zero-order valence-corrected chi connectivity index (χ0v) is 29.7. The highest BCUT2D eigenvalue weighted by Gasteiger charge is 2.22. The number of hydrogen-bond acceptors (Lipinski definition) is 6. The highest BCUT2D eigenvalue weighted by atomic mass is 16.5. The van der Waals surface area contributed by atoms with Gasteiger partial charge >= 0.3 is 0 Å². The quantitative estimate of drug-likeness (QED) is 0.108. The van der Waals surface area contributed by atoms with Gasteiger partial charge in [0, 0.05) is 56.6 Å². The molecule has 6 heteroatoms. The molecular formula is C45H52N4O2. The van der Waals surface area contributed by atoms with Crippen molar-refractivity contribution < 1.29 is 9.84 Å². The first kappa shape index (κ1) is 34.7. The molecule has 0 aliphatic carbocycles. The van der Waals surface area contributed by atoms with Gasteiger partial charge in [-0.3, -0.25) is 4.90 Å². The summed E-state index contributed by atoms with van der Waals surface area (Å²) >= 11 is 0. The molecule has 0 radical (unpaired) electrons. The van der Waals surface area contributed by atoms with Gasteiger partial charge in [-0.05, 0) is 103 Å². The van der Waals surface area contributed by atoms with Crippen molar-refractivity contribution in [3.8, 4) is 5.75 Å². The summed E-state index contributed by atoms with van der Waals surface area (Å²) in [4.78, 5) is 7.39. The Morgan fingerprint density at radius 1 is 0.627 bits per heavy atom. The third-order valence-electron chi connectivity index (χ3n) is 10.6. The maximum absolute atomic E-state index is 11.6. The minimum atomic E-state index is -0.697. The number of nitrogens with two attached hydrogens (primary N) is 1. The van der Waals surface area contributed by atoms with Crippen molar-refractivity contribution >= 4 is 17.1 Å². The topological polar surface area (TPSA) is 65.2 Å². The van der Waals surface area contributed by atoms with Gasteiger partial charge in [-0.1, -0.05) is 91.0 Å². The Morgan fingerprint density at radius 2 is 1.14 bits per heavy atom. The van der Waals surface area contributed by atoms with Crippen LogP contribution >= 0.6 is 0 Å². The summed E-state index contributed by atoms with van der Waals surface area (Å²) in [5.74, 6) is 0.864. The van der Waals surface area contributed by atoms with Crippen LogP contribution in [-0.4, -0.2) is 49.3 Å². The molecular weight excluding hydrogens is 629 g/mol. The number of nitrogen functional groups attached to an aromatic ring is 1. The van der Waals surface area contributed by atoms with Crippen molar-refractivity contribution in [1.82, 2.24) is 4.90 Å². The maximum atomic E-state index is 11.6. The summed E-state index contributed by atoms with van der Waals surface area (Å²) in [6.07, 6.45) is 5.33. The van der Waals surface area contributed by atoms with Gasteiger partial charge in [0.05, 0.1) is 11.8 Å². The molecule has 2 aliphatic rings. The van der Waals surface area contributed by atoms with Gasteiger partial charge < -0.3 is 25.4 Å². The van der Waals surface area contributed by atoms with E-state index in [-0.39, 0.29) is 5.92 Å².